The first kappa shape index (κ1) is 18.2. The molecule has 0 fully saturated rings. The van der Waals surface area contributed by atoms with Crippen LogP contribution in [0.2, 0.25) is 0 Å². The SMILES string of the molecule is CCCOc1ccc(C(=O)CCCC(=O)OC)cc1C(C)C. The van der Waals surface area contributed by atoms with E-state index in [-0.39, 0.29) is 24.1 Å². The van der Waals surface area contributed by atoms with Crippen LogP contribution in [0.5, 0.6) is 5.75 Å². The molecule has 0 amide bonds. The molecular weight excluding hydrogens is 280 g/mol. The number of hydrogen-bond acceptors (Lipinski definition) is 4. The summed E-state index contributed by atoms with van der Waals surface area (Å²) in [7, 11) is 1.36. The second-order valence-corrected chi connectivity index (χ2v) is 5.61. The smallest absolute Gasteiger partial charge is 0.305 e. The van der Waals surface area contributed by atoms with Gasteiger partial charge >= 0.3 is 5.97 Å². The van der Waals surface area contributed by atoms with Gasteiger partial charge in [0.05, 0.1) is 13.7 Å². The van der Waals surface area contributed by atoms with E-state index in [4.69, 9.17) is 4.74 Å². The van der Waals surface area contributed by atoms with E-state index in [2.05, 4.69) is 25.5 Å². The van der Waals surface area contributed by atoms with Gasteiger partial charge in [-0.2, -0.15) is 0 Å². The molecule has 1 aromatic carbocycles. The van der Waals surface area contributed by atoms with Gasteiger partial charge in [0, 0.05) is 18.4 Å². The Balaban J connectivity index is 2.76. The fourth-order valence-corrected chi connectivity index (χ4v) is 2.16. The Labute approximate surface area is 132 Å². The summed E-state index contributed by atoms with van der Waals surface area (Å²) in [6.45, 7) is 6.90. The average molecular weight is 306 g/mol. The molecule has 4 heteroatoms. The Hall–Kier alpha value is -1.84. The van der Waals surface area contributed by atoms with Gasteiger partial charge in [-0.15, -0.1) is 0 Å². The van der Waals surface area contributed by atoms with E-state index in [1.54, 1.807) is 6.07 Å². The number of rotatable bonds is 9. The maximum atomic E-state index is 12.2. The number of hydrogen-bond donors (Lipinski definition) is 0. The Morgan fingerprint density at radius 2 is 1.91 bits per heavy atom. The van der Waals surface area contributed by atoms with E-state index in [1.165, 1.54) is 7.11 Å². The van der Waals surface area contributed by atoms with Gasteiger partial charge in [0.1, 0.15) is 5.75 Å². The first-order valence-corrected chi connectivity index (χ1v) is 7.86. The van der Waals surface area contributed by atoms with Crippen LogP contribution in [-0.2, 0) is 9.53 Å². The molecule has 4 nitrogen and oxygen atoms in total. The molecule has 22 heavy (non-hydrogen) atoms. The molecule has 0 spiro atoms. The number of benzene rings is 1. The molecule has 0 heterocycles. The summed E-state index contributed by atoms with van der Waals surface area (Å²) in [6, 6.07) is 5.59. The average Bonchev–Trinajstić information content (AvgIpc) is 2.52. The third-order valence-electron chi connectivity index (χ3n) is 3.43. The van der Waals surface area contributed by atoms with E-state index < -0.39 is 0 Å². The van der Waals surface area contributed by atoms with Gasteiger partial charge in [-0.05, 0) is 42.5 Å². The lowest BCUT2D eigenvalue weighted by Crippen LogP contribution is -2.06. The molecule has 0 saturated carbocycles. The van der Waals surface area contributed by atoms with Crippen molar-refractivity contribution in [3.8, 4) is 5.75 Å². The number of ether oxygens (including phenoxy) is 2. The number of esters is 1. The Bertz CT molecular complexity index is 506. The third-order valence-corrected chi connectivity index (χ3v) is 3.43. The first-order chi connectivity index (χ1) is 10.5. The molecular formula is C18H26O4. The van der Waals surface area contributed by atoms with Crippen LogP contribution in [0.4, 0.5) is 0 Å². The number of ketones is 1. The maximum absolute atomic E-state index is 12.2. The number of carbonyl (C=O) groups is 2. The number of carbonyl (C=O) groups excluding carboxylic acids is 2. The van der Waals surface area contributed by atoms with E-state index in [0.29, 0.717) is 25.0 Å². The Morgan fingerprint density at radius 3 is 2.50 bits per heavy atom. The zero-order valence-corrected chi connectivity index (χ0v) is 14.0. The fourth-order valence-electron chi connectivity index (χ4n) is 2.16. The Kier molecular flexibility index (Phi) is 7.64. The zero-order chi connectivity index (χ0) is 16.5. The molecule has 0 bridgehead atoms. The molecule has 1 aromatic rings. The van der Waals surface area contributed by atoms with E-state index in [0.717, 1.165) is 17.7 Å². The second kappa shape index (κ2) is 9.23. The summed E-state index contributed by atoms with van der Waals surface area (Å²) in [5, 5.41) is 0. The summed E-state index contributed by atoms with van der Waals surface area (Å²) in [5.41, 5.74) is 1.73. The van der Waals surface area contributed by atoms with Crippen molar-refractivity contribution in [2.45, 2.75) is 52.4 Å². The maximum Gasteiger partial charge on any atom is 0.305 e. The number of methoxy groups -OCH3 is 1. The van der Waals surface area contributed by atoms with Gasteiger partial charge in [-0.3, -0.25) is 9.59 Å². The van der Waals surface area contributed by atoms with Crippen LogP contribution >= 0.6 is 0 Å². The lowest BCUT2D eigenvalue weighted by atomic mass is 9.96. The molecule has 1 rings (SSSR count). The molecule has 0 aromatic heterocycles. The largest absolute Gasteiger partial charge is 0.493 e. The van der Waals surface area contributed by atoms with E-state index >= 15 is 0 Å². The summed E-state index contributed by atoms with van der Waals surface area (Å²) in [5.74, 6) is 0.907. The molecule has 0 atom stereocenters. The second-order valence-electron chi connectivity index (χ2n) is 5.61. The van der Waals surface area contributed by atoms with Crippen LogP contribution in [-0.4, -0.2) is 25.5 Å². The van der Waals surface area contributed by atoms with Gasteiger partial charge in [-0.25, -0.2) is 0 Å². The van der Waals surface area contributed by atoms with Gasteiger partial charge in [0.15, 0.2) is 5.78 Å². The van der Waals surface area contributed by atoms with Crippen LogP contribution < -0.4 is 4.74 Å². The minimum absolute atomic E-state index is 0.0489. The predicted octanol–water partition coefficient (Wildman–Crippen LogP) is 4.12. The van der Waals surface area contributed by atoms with Crippen LogP contribution in [0.15, 0.2) is 18.2 Å². The standard InChI is InChI=1S/C18H26O4/c1-5-11-22-17-10-9-14(12-15(17)13(2)3)16(19)7-6-8-18(20)21-4/h9-10,12-13H,5-8,11H2,1-4H3. The number of Topliss-reactive ketones (excluding diaryl/α,β-unsaturated/α-hetero) is 1. The molecule has 0 aliphatic carbocycles. The van der Waals surface area contributed by atoms with Crippen LogP contribution in [0, 0.1) is 0 Å². The zero-order valence-electron chi connectivity index (χ0n) is 14.0. The van der Waals surface area contributed by atoms with Crippen molar-refractivity contribution < 1.29 is 19.1 Å². The van der Waals surface area contributed by atoms with Crippen molar-refractivity contribution in [1.82, 2.24) is 0 Å². The minimum Gasteiger partial charge on any atom is -0.493 e. The molecule has 0 N–H and O–H groups in total. The van der Waals surface area contributed by atoms with Crippen molar-refractivity contribution in [3.05, 3.63) is 29.3 Å². The quantitative estimate of drug-likeness (QED) is 0.508. The van der Waals surface area contributed by atoms with Crippen LogP contribution in [0.1, 0.15) is 68.3 Å². The minimum atomic E-state index is -0.279. The first-order valence-electron chi connectivity index (χ1n) is 7.86. The fraction of sp³-hybridized carbons (Fsp3) is 0.556. The molecule has 0 aliphatic heterocycles. The van der Waals surface area contributed by atoms with Crippen LogP contribution in [0.3, 0.4) is 0 Å². The van der Waals surface area contributed by atoms with Gasteiger partial charge in [0.2, 0.25) is 0 Å². The van der Waals surface area contributed by atoms with E-state index in [9.17, 15) is 9.59 Å². The molecule has 0 unspecified atom stereocenters. The molecule has 0 aliphatic rings. The van der Waals surface area contributed by atoms with Crippen molar-refractivity contribution in [1.29, 1.82) is 0 Å². The summed E-state index contributed by atoms with van der Waals surface area (Å²) >= 11 is 0. The van der Waals surface area contributed by atoms with Crippen LogP contribution in [0.25, 0.3) is 0 Å². The lowest BCUT2D eigenvalue weighted by molar-refractivity contribution is -0.140. The van der Waals surface area contributed by atoms with Crippen molar-refractivity contribution in [3.63, 3.8) is 0 Å². The summed E-state index contributed by atoms with van der Waals surface area (Å²) < 4.78 is 10.3. The molecule has 0 radical (unpaired) electrons. The van der Waals surface area contributed by atoms with Gasteiger partial charge in [-0.1, -0.05) is 20.8 Å². The van der Waals surface area contributed by atoms with Crippen molar-refractivity contribution in [2.75, 3.05) is 13.7 Å². The highest BCUT2D eigenvalue weighted by Gasteiger charge is 2.13. The lowest BCUT2D eigenvalue weighted by Gasteiger charge is -2.15. The monoisotopic (exact) mass is 306 g/mol. The third kappa shape index (κ3) is 5.51. The summed E-state index contributed by atoms with van der Waals surface area (Å²) in [4.78, 5) is 23.3. The highest BCUT2D eigenvalue weighted by Crippen LogP contribution is 2.28. The van der Waals surface area contributed by atoms with Gasteiger partial charge < -0.3 is 9.47 Å². The topological polar surface area (TPSA) is 52.6 Å². The van der Waals surface area contributed by atoms with Crippen molar-refractivity contribution >= 4 is 11.8 Å². The van der Waals surface area contributed by atoms with Crippen molar-refractivity contribution in [2.24, 2.45) is 0 Å². The summed E-state index contributed by atoms with van der Waals surface area (Å²) in [6.07, 6.45) is 2.08. The Morgan fingerprint density at radius 1 is 1.18 bits per heavy atom. The predicted molar refractivity (Wildman–Crippen MR) is 86.5 cm³/mol. The highest BCUT2D eigenvalue weighted by atomic mass is 16.5. The molecule has 122 valence electrons. The normalized spacial score (nSPS) is 10.6. The van der Waals surface area contributed by atoms with Gasteiger partial charge in [0.25, 0.3) is 0 Å². The molecule has 0 saturated heterocycles. The van der Waals surface area contributed by atoms with E-state index in [1.807, 2.05) is 12.1 Å². The highest BCUT2D eigenvalue weighted by molar-refractivity contribution is 5.96.